The maximum absolute atomic E-state index is 13.4. The number of nitrogens with one attached hydrogen (secondary N) is 1. The molecule has 0 spiro atoms. The van der Waals surface area contributed by atoms with Gasteiger partial charge in [0.1, 0.15) is 5.82 Å². The fraction of sp³-hybridized carbons (Fsp3) is 0.118. The molecule has 1 N–H and O–H groups in total. The van der Waals surface area contributed by atoms with E-state index < -0.39 is 11.8 Å². The van der Waals surface area contributed by atoms with Crippen molar-refractivity contribution in [1.82, 2.24) is 20.2 Å². The zero-order chi connectivity index (χ0) is 19.2. The SMILES string of the molecule is COC(=O)c1cccc(NC(=O)CSc2nnnn2-c2cccc(F)c2)c1. The van der Waals surface area contributed by atoms with E-state index in [0.29, 0.717) is 22.1 Å². The van der Waals surface area contributed by atoms with E-state index in [-0.39, 0.29) is 11.7 Å². The van der Waals surface area contributed by atoms with E-state index in [9.17, 15) is 14.0 Å². The molecule has 138 valence electrons. The second kappa shape index (κ2) is 8.41. The molecule has 10 heteroatoms. The number of benzene rings is 2. The molecule has 1 heterocycles. The number of nitrogens with zero attached hydrogens (tertiary/aromatic N) is 4. The third kappa shape index (κ3) is 4.67. The lowest BCUT2D eigenvalue weighted by atomic mass is 10.2. The molecule has 0 radical (unpaired) electrons. The molecule has 1 amide bonds. The largest absolute Gasteiger partial charge is 0.465 e. The normalized spacial score (nSPS) is 10.4. The molecule has 3 rings (SSSR count). The minimum atomic E-state index is -0.491. The Bertz CT molecular complexity index is 978. The predicted molar refractivity (Wildman–Crippen MR) is 96.2 cm³/mol. The Kier molecular flexibility index (Phi) is 5.77. The standard InChI is InChI=1S/C17H14FN5O3S/c1-26-16(25)11-4-2-6-13(8-11)19-15(24)10-27-17-20-21-22-23(17)14-7-3-5-12(18)9-14/h2-9H,10H2,1H3,(H,19,24). The predicted octanol–water partition coefficient (Wildman–Crippen LogP) is 2.32. The minimum Gasteiger partial charge on any atom is -0.465 e. The van der Waals surface area contributed by atoms with Crippen LogP contribution in [-0.4, -0.2) is 44.9 Å². The summed E-state index contributed by atoms with van der Waals surface area (Å²) in [5, 5.41) is 14.3. The van der Waals surface area contributed by atoms with Crippen molar-refractivity contribution < 1.29 is 18.7 Å². The van der Waals surface area contributed by atoms with E-state index >= 15 is 0 Å². The first-order valence-electron chi connectivity index (χ1n) is 7.72. The molecule has 0 bridgehead atoms. The van der Waals surface area contributed by atoms with E-state index in [1.807, 2.05) is 0 Å². The van der Waals surface area contributed by atoms with Gasteiger partial charge in [-0.25, -0.2) is 9.18 Å². The van der Waals surface area contributed by atoms with Crippen LogP contribution in [0.4, 0.5) is 10.1 Å². The van der Waals surface area contributed by atoms with Crippen LogP contribution in [0.25, 0.3) is 5.69 Å². The second-order valence-corrected chi connectivity index (χ2v) is 6.20. The summed E-state index contributed by atoms with van der Waals surface area (Å²) in [6.45, 7) is 0. The van der Waals surface area contributed by atoms with Gasteiger partial charge in [-0.05, 0) is 46.8 Å². The number of thioether (sulfide) groups is 1. The average Bonchev–Trinajstić information content (AvgIpc) is 3.14. The number of carbonyl (C=O) groups is 2. The monoisotopic (exact) mass is 387 g/mol. The zero-order valence-corrected chi connectivity index (χ0v) is 14.9. The maximum atomic E-state index is 13.4. The summed E-state index contributed by atoms with van der Waals surface area (Å²) in [7, 11) is 1.28. The Balaban J connectivity index is 1.64. The molecular formula is C17H14FN5O3S. The first-order valence-corrected chi connectivity index (χ1v) is 8.71. The van der Waals surface area contributed by atoms with Crippen LogP contribution >= 0.6 is 11.8 Å². The highest BCUT2D eigenvalue weighted by atomic mass is 32.2. The van der Waals surface area contributed by atoms with E-state index in [2.05, 4.69) is 25.6 Å². The number of ether oxygens (including phenoxy) is 1. The number of hydrogen-bond acceptors (Lipinski definition) is 7. The summed E-state index contributed by atoms with van der Waals surface area (Å²) in [5.41, 5.74) is 1.25. The van der Waals surface area contributed by atoms with Crippen LogP contribution < -0.4 is 5.32 Å². The van der Waals surface area contributed by atoms with Crippen molar-refractivity contribution in [3.63, 3.8) is 0 Å². The summed E-state index contributed by atoms with van der Waals surface area (Å²) >= 11 is 1.10. The van der Waals surface area contributed by atoms with E-state index in [1.165, 1.54) is 30.0 Å². The molecule has 0 fully saturated rings. The first-order chi connectivity index (χ1) is 13.1. The maximum Gasteiger partial charge on any atom is 0.337 e. The highest BCUT2D eigenvalue weighted by molar-refractivity contribution is 7.99. The first kappa shape index (κ1) is 18.5. The molecule has 27 heavy (non-hydrogen) atoms. The number of aromatic nitrogens is 4. The number of anilines is 1. The summed E-state index contributed by atoms with van der Waals surface area (Å²) in [6, 6.07) is 12.2. The lowest BCUT2D eigenvalue weighted by molar-refractivity contribution is -0.113. The quantitative estimate of drug-likeness (QED) is 0.512. The number of rotatable bonds is 6. The molecule has 0 unspecified atom stereocenters. The molecule has 2 aromatic carbocycles. The Morgan fingerprint density at radius 1 is 1.22 bits per heavy atom. The number of carbonyl (C=O) groups excluding carboxylic acids is 2. The van der Waals surface area contributed by atoms with Crippen molar-refractivity contribution in [2.24, 2.45) is 0 Å². The number of hydrogen-bond donors (Lipinski definition) is 1. The topological polar surface area (TPSA) is 99.0 Å². The minimum absolute atomic E-state index is 0.0259. The van der Waals surface area contributed by atoms with Crippen LogP contribution in [0.3, 0.4) is 0 Å². The Morgan fingerprint density at radius 2 is 2.04 bits per heavy atom. The average molecular weight is 387 g/mol. The summed E-state index contributed by atoms with van der Waals surface area (Å²) in [5.74, 6) is -1.19. The number of esters is 1. The van der Waals surface area contributed by atoms with Crippen molar-refractivity contribution in [1.29, 1.82) is 0 Å². The molecule has 3 aromatic rings. The third-order valence-electron chi connectivity index (χ3n) is 3.39. The Hall–Kier alpha value is -3.27. The van der Waals surface area contributed by atoms with Gasteiger partial charge in [0, 0.05) is 5.69 Å². The molecule has 1 aromatic heterocycles. The Morgan fingerprint density at radius 3 is 2.81 bits per heavy atom. The summed E-state index contributed by atoms with van der Waals surface area (Å²) < 4.78 is 19.4. The van der Waals surface area contributed by atoms with Gasteiger partial charge in [0.15, 0.2) is 0 Å². The molecule has 8 nitrogen and oxygen atoms in total. The van der Waals surface area contributed by atoms with Crippen molar-refractivity contribution in [3.8, 4) is 5.69 Å². The van der Waals surface area contributed by atoms with Crippen LogP contribution in [0, 0.1) is 5.82 Å². The van der Waals surface area contributed by atoms with Crippen LogP contribution in [0.1, 0.15) is 10.4 Å². The van der Waals surface area contributed by atoms with Crippen LogP contribution in [0.5, 0.6) is 0 Å². The van der Waals surface area contributed by atoms with Crippen molar-refractivity contribution in [2.75, 3.05) is 18.2 Å². The second-order valence-electron chi connectivity index (χ2n) is 5.26. The fourth-order valence-electron chi connectivity index (χ4n) is 2.21. The van der Waals surface area contributed by atoms with Gasteiger partial charge in [-0.2, -0.15) is 4.68 Å². The van der Waals surface area contributed by atoms with Gasteiger partial charge in [0.05, 0.1) is 24.1 Å². The molecular weight excluding hydrogens is 373 g/mol. The summed E-state index contributed by atoms with van der Waals surface area (Å²) in [4.78, 5) is 23.7. The van der Waals surface area contributed by atoms with Crippen LogP contribution in [0.15, 0.2) is 53.7 Å². The number of halogens is 1. The van der Waals surface area contributed by atoms with E-state index in [0.717, 1.165) is 11.8 Å². The van der Waals surface area contributed by atoms with Crippen molar-refractivity contribution >= 4 is 29.3 Å². The highest BCUT2D eigenvalue weighted by Crippen LogP contribution is 2.19. The lowest BCUT2D eigenvalue weighted by Crippen LogP contribution is -2.15. The number of methoxy groups -OCH3 is 1. The van der Waals surface area contributed by atoms with Crippen LogP contribution in [-0.2, 0) is 9.53 Å². The number of amides is 1. The van der Waals surface area contributed by atoms with Gasteiger partial charge in [0.2, 0.25) is 11.1 Å². The van der Waals surface area contributed by atoms with Crippen molar-refractivity contribution in [3.05, 3.63) is 59.9 Å². The summed E-state index contributed by atoms with van der Waals surface area (Å²) in [6.07, 6.45) is 0. The fourth-order valence-corrected chi connectivity index (χ4v) is 2.90. The molecule has 0 atom stereocenters. The van der Waals surface area contributed by atoms with Gasteiger partial charge in [-0.15, -0.1) is 5.10 Å². The molecule has 0 aliphatic heterocycles. The smallest absolute Gasteiger partial charge is 0.337 e. The molecule has 0 saturated heterocycles. The molecule has 0 aliphatic rings. The van der Waals surface area contributed by atoms with E-state index in [1.54, 1.807) is 30.3 Å². The highest BCUT2D eigenvalue weighted by Gasteiger charge is 2.13. The van der Waals surface area contributed by atoms with Gasteiger partial charge >= 0.3 is 5.97 Å². The third-order valence-corrected chi connectivity index (χ3v) is 4.31. The van der Waals surface area contributed by atoms with E-state index in [4.69, 9.17) is 0 Å². The number of tetrazole rings is 1. The van der Waals surface area contributed by atoms with Crippen LogP contribution in [0.2, 0.25) is 0 Å². The van der Waals surface area contributed by atoms with Gasteiger partial charge in [-0.1, -0.05) is 23.9 Å². The van der Waals surface area contributed by atoms with Crippen molar-refractivity contribution in [2.45, 2.75) is 5.16 Å². The Labute approximate surface area is 157 Å². The van der Waals surface area contributed by atoms with Gasteiger partial charge in [0.25, 0.3) is 0 Å². The lowest BCUT2D eigenvalue weighted by Gasteiger charge is -2.07. The van der Waals surface area contributed by atoms with Gasteiger partial charge < -0.3 is 10.1 Å². The molecule has 0 aliphatic carbocycles. The molecule has 0 saturated carbocycles. The zero-order valence-electron chi connectivity index (χ0n) is 14.1. The van der Waals surface area contributed by atoms with Gasteiger partial charge in [-0.3, -0.25) is 4.79 Å².